The number of nitrogens with one attached hydrogen (secondary N) is 1. The number of carbonyl (C=O) groups is 2. The Hall–Kier alpha value is -2.18. The first-order valence-electron chi connectivity index (χ1n) is 6.81. The van der Waals surface area contributed by atoms with E-state index in [-0.39, 0.29) is 19.4 Å². The second-order valence-corrected chi connectivity index (χ2v) is 5.74. The number of alkyl halides is 2. The lowest BCUT2D eigenvalue weighted by Gasteiger charge is -2.18. The Morgan fingerprint density at radius 2 is 1.95 bits per heavy atom. The van der Waals surface area contributed by atoms with Crippen LogP contribution >= 0.6 is 0 Å². The zero-order valence-corrected chi connectivity index (χ0v) is 12.0. The molecule has 1 fully saturated rings. The number of hydrogen-bond acceptors (Lipinski definition) is 3. The molecule has 0 bridgehead atoms. The number of ether oxygens (including phenoxy) is 1. The molecule has 22 heavy (non-hydrogen) atoms. The van der Waals surface area contributed by atoms with Crippen molar-refractivity contribution in [1.82, 2.24) is 5.32 Å². The molecule has 0 saturated heterocycles. The highest BCUT2D eigenvalue weighted by Gasteiger charge is 2.68. The fourth-order valence-electron chi connectivity index (χ4n) is 2.22. The van der Waals surface area contributed by atoms with Crippen molar-refractivity contribution < 1.29 is 28.2 Å². The van der Waals surface area contributed by atoms with Crippen molar-refractivity contribution in [2.24, 2.45) is 5.41 Å². The van der Waals surface area contributed by atoms with Crippen molar-refractivity contribution in [2.75, 3.05) is 0 Å². The molecule has 5 nitrogen and oxygen atoms in total. The van der Waals surface area contributed by atoms with Crippen LogP contribution in [0.3, 0.4) is 0 Å². The van der Waals surface area contributed by atoms with Gasteiger partial charge in [0.25, 0.3) is 5.92 Å². The van der Waals surface area contributed by atoms with Crippen LogP contribution < -0.4 is 5.32 Å². The lowest BCUT2D eigenvalue weighted by molar-refractivity contribution is -0.140. The topological polar surface area (TPSA) is 75.6 Å². The van der Waals surface area contributed by atoms with Crippen LogP contribution in [0.15, 0.2) is 30.3 Å². The lowest BCUT2D eigenvalue weighted by Crippen LogP contribution is -2.43. The molecule has 0 spiro atoms. The second-order valence-electron chi connectivity index (χ2n) is 5.74. The minimum atomic E-state index is -2.88. The minimum Gasteiger partial charge on any atom is -0.480 e. The number of carboxylic acids is 1. The van der Waals surface area contributed by atoms with E-state index in [2.05, 4.69) is 5.32 Å². The number of aliphatic carboxylic acids is 1. The second kappa shape index (κ2) is 5.90. The summed E-state index contributed by atoms with van der Waals surface area (Å²) < 4.78 is 31.2. The summed E-state index contributed by atoms with van der Waals surface area (Å²) in [5.41, 5.74) is -0.645. The average molecular weight is 313 g/mol. The Kier molecular flexibility index (Phi) is 4.35. The van der Waals surface area contributed by atoms with Gasteiger partial charge in [-0.2, -0.15) is 0 Å². The fraction of sp³-hybridized carbons (Fsp3) is 0.467. The molecule has 0 heterocycles. The number of hydrogen-bond donors (Lipinski definition) is 2. The van der Waals surface area contributed by atoms with Crippen molar-refractivity contribution in [3.05, 3.63) is 35.9 Å². The summed E-state index contributed by atoms with van der Waals surface area (Å²) in [5, 5.41) is 11.2. The Balaban J connectivity index is 1.86. The first-order valence-corrected chi connectivity index (χ1v) is 6.81. The van der Waals surface area contributed by atoms with Crippen molar-refractivity contribution in [3.63, 3.8) is 0 Å². The smallest absolute Gasteiger partial charge is 0.408 e. The van der Waals surface area contributed by atoms with Crippen molar-refractivity contribution in [2.45, 2.75) is 38.3 Å². The third-order valence-corrected chi connectivity index (χ3v) is 3.83. The summed E-state index contributed by atoms with van der Waals surface area (Å²) in [6, 6.07) is 7.43. The number of amides is 1. The molecule has 1 saturated carbocycles. The molecule has 2 rings (SSSR count). The molecule has 120 valence electrons. The molecule has 1 aromatic rings. The number of carbonyl (C=O) groups excluding carboxylic acids is 1. The monoisotopic (exact) mass is 313 g/mol. The van der Waals surface area contributed by atoms with Gasteiger partial charge in [0.05, 0.1) is 0 Å². The highest BCUT2D eigenvalue weighted by molar-refractivity contribution is 5.80. The highest BCUT2D eigenvalue weighted by Crippen LogP contribution is 2.62. The largest absolute Gasteiger partial charge is 0.480 e. The molecular weight excluding hydrogens is 296 g/mol. The molecule has 1 amide bonds. The summed E-state index contributed by atoms with van der Waals surface area (Å²) in [7, 11) is 0. The maximum atomic E-state index is 13.2. The van der Waals surface area contributed by atoms with Crippen LogP contribution in [0, 0.1) is 5.41 Å². The van der Waals surface area contributed by atoms with E-state index in [0.29, 0.717) is 0 Å². The normalized spacial score (nSPS) is 23.4. The first kappa shape index (κ1) is 16.2. The van der Waals surface area contributed by atoms with E-state index >= 15 is 0 Å². The van der Waals surface area contributed by atoms with Gasteiger partial charge in [0.1, 0.15) is 12.6 Å². The SMILES string of the molecule is CC1(CC(NC(=O)OCc2ccccc2)C(=O)O)CC1(F)F. The summed E-state index contributed by atoms with van der Waals surface area (Å²) in [6.45, 7) is 1.28. The van der Waals surface area contributed by atoms with Gasteiger partial charge < -0.3 is 15.2 Å². The van der Waals surface area contributed by atoms with Gasteiger partial charge in [-0.05, 0) is 12.0 Å². The van der Waals surface area contributed by atoms with Crippen LogP contribution in [-0.4, -0.2) is 29.1 Å². The van der Waals surface area contributed by atoms with E-state index in [1.807, 2.05) is 0 Å². The Morgan fingerprint density at radius 1 is 1.36 bits per heavy atom. The van der Waals surface area contributed by atoms with Gasteiger partial charge >= 0.3 is 12.1 Å². The standard InChI is InChI=1S/C15H17F2NO4/c1-14(9-15(14,16)17)7-11(12(19)20)18-13(21)22-8-10-5-3-2-4-6-10/h2-6,11H,7-9H2,1H3,(H,18,21)(H,19,20). The van der Waals surface area contributed by atoms with Crippen LogP contribution in [0.1, 0.15) is 25.3 Å². The van der Waals surface area contributed by atoms with Gasteiger partial charge in [0, 0.05) is 11.8 Å². The highest BCUT2D eigenvalue weighted by atomic mass is 19.3. The zero-order chi connectivity index (χ0) is 16.4. The van der Waals surface area contributed by atoms with Crippen molar-refractivity contribution in [3.8, 4) is 0 Å². The van der Waals surface area contributed by atoms with E-state index in [0.717, 1.165) is 5.56 Å². The Labute approximate surface area is 126 Å². The van der Waals surface area contributed by atoms with Gasteiger partial charge in [-0.15, -0.1) is 0 Å². The fourth-order valence-corrected chi connectivity index (χ4v) is 2.22. The summed E-state index contributed by atoms with van der Waals surface area (Å²) in [4.78, 5) is 22.7. The number of halogens is 2. The van der Waals surface area contributed by atoms with Crippen molar-refractivity contribution >= 4 is 12.1 Å². The molecule has 2 N–H and O–H groups in total. The van der Waals surface area contributed by atoms with E-state index in [1.54, 1.807) is 30.3 Å². The maximum absolute atomic E-state index is 13.2. The Morgan fingerprint density at radius 3 is 2.45 bits per heavy atom. The van der Waals surface area contributed by atoms with Crippen LogP contribution in [0.25, 0.3) is 0 Å². The van der Waals surface area contributed by atoms with Crippen LogP contribution in [0.5, 0.6) is 0 Å². The number of carboxylic acid groups (broad SMARTS) is 1. The molecule has 1 aliphatic carbocycles. The van der Waals surface area contributed by atoms with E-state index in [4.69, 9.17) is 9.84 Å². The van der Waals surface area contributed by atoms with Gasteiger partial charge in [0.2, 0.25) is 0 Å². The number of rotatable bonds is 6. The molecule has 0 aliphatic heterocycles. The van der Waals surface area contributed by atoms with Crippen LogP contribution in [-0.2, 0) is 16.1 Å². The number of benzene rings is 1. The van der Waals surface area contributed by atoms with Gasteiger partial charge in [0.15, 0.2) is 0 Å². The molecule has 1 aliphatic rings. The minimum absolute atomic E-state index is 0.0214. The van der Waals surface area contributed by atoms with E-state index in [9.17, 15) is 18.4 Å². The molecule has 2 atom stereocenters. The predicted octanol–water partition coefficient (Wildman–Crippen LogP) is 2.80. The third-order valence-electron chi connectivity index (χ3n) is 3.83. The molecule has 0 aromatic heterocycles. The van der Waals surface area contributed by atoms with E-state index < -0.39 is 29.4 Å². The molecule has 2 unspecified atom stereocenters. The molecule has 7 heteroatoms. The van der Waals surface area contributed by atoms with Crippen LogP contribution in [0.4, 0.5) is 13.6 Å². The van der Waals surface area contributed by atoms with Crippen molar-refractivity contribution in [1.29, 1.82) is 0 Å². The summed E-state index contributed by atoms with van der Waals surface area (Å²) in [6.07, 6.45) is -1.65. The van der Waals surface area contributed by atoms with Gasteiger partial charge in [-0.1, -0.05) is 37.3 Å². The predicted molar refractivity (Wildman–Crippen MR) is 73.5 cm³/mol. The lowest BCUT2D eigenvalue weighted by atomic mass is 9.98. The Bertz CT molecular complexity index is 564. The quantitative estimate of drug-likeness (QED) is 0.847. The molecular formula is C15H17F2NO4. The van der Waals surface area contributed by atoms with Gasteiger partial charge in [-0.25, -0.2) is 18.4 Å². The average Bonchev–Trinajstić information content (AvgIpc) is 2.95. The summed E-state index contributed by atoms with van der Waals surface area (Å²) >= 11 is 0. The number of alkyl carbamates (subject to hydrolysis) is 1. The van der Waals surface area contributed by atoms with Gasteiger partial charge in [-0.3, -0.25) is 0 Å². The third kappa shape index (κ3) is 3.72. The zero-order valence-electron chi connectivity index (χ0n) is 12.0. The van der Waals surface area contributed by atoms with E-state index in [1.165, 1.54) is 6.92 Å². The maximum Gasteiger partial charge on any atom is 0.408 e. The summed E-state index contributed by atoms with van der Waals surface area (Å²) in [5.74, 6) is -4.24. The molecule has 1 aromatic carbocycles. The van der Waals surface area contributed by atoms with Crippen LogP contribution in [0.2, 0.25) is 0 Å². The molecule has 0 radical (unpaired) electrons. The first-order chi connectivity index (χ1) is 10.2.